The molecule has 1 N–H and O–H groups in total. The minimum Gasteiger partial charge on any atom is -0.333 e. The predicted octanol–water partition coefficient (Wildman–Crippen LogP) is 2.56. The molecule has 0 aromatic heterocycles. The van der Waals surface area contributed by atoms with Gasteiger partial charge >= 0.3 is 0 Å². The van der Waals surface area contributed by atoms with Gasteiger partial charge in [-0.15, -0.1) is 24.8 Å². The molecule has 2 aliphatic rings. The van der Waals surface area contributed by atoms with Crippen LogP contribution in [0.15, 0.2) is 24.3 Å². The summed E-state index contributed by atoms with van der Waals surface area (Å²) in [6.45, 7) is 8.04. The average molecular weight is 360 g/mol. The highest BCUT2D eigenvalue weighted by molar-refractivity contribution is 5.94. The molecule has 4 nitrogen and oxygen atoms in total. The maximum absolute atomic E-state index is 12.7. The fraction of sp³-hybridized carbons (Fsp3) is 0.588. The summed E-state index contributed by atoms with van der Waals surface area (Å²) in [5.74, 6) is 0.173. The Morgan fingerprint density at radius 1 is 1.22 bits per heavy atom. The van der Waals surface area contributed by atoms with Crippen molar-refractivity contribution in [3.63, 3.8) is 0 Å². The Morgan fingerprint density at radius 2 is 1.96 bits per heavy atom. The van der Waals surface area contributed by atoms with Gasteiger partial charge in [-0.05, 0) is 50.6 Å². The minimum absolute atomic E-state index is 0. The number of nitrogens with one attached hydrogen (secondary N) is 1. The first-order chi connectivity index (χ1) is 10.2. The Morgan fingerprint density at radius 3 is 2.65 bits per heavy atom. The molecule has 1 atom stereocenters. The quantitative estimate of drug-likeness (QED) is 0.900. The van der Waals surface area contributed by atoms with Crippen LogP contribution in [0.2, 0.25) is 0 Å². The lowest BCUT2D eigenvalue weighted by molar-refractivity contribution is 0.0655. The van der Waals surface area contributed by atoms with Gasteiger partial charge in [-0.25, -0.2) is 0 Å². The third-order valence-electron chi connectivity index (χ3n) is 4.54. The van der Waals surface area contributed by atoms with Crippen molar-refractivity contribution in [3.05, 3.63) is 35.4 Å². The van der Waals surface area contributed by atoms with E-state index in [-0.39, 0.29) is 36.8 Å². The number of hydrogen-bond donors (Lipinski definition) is 1. The lowest BCUT2D eigenvalue weighted by atomic mass is 10.1. The van der Waals surface area contributed by atoms with Gasteiger partial charge in [-0.3, -0.25) is 9.69 Å². The van der Waals surface area contributed by atoms with Crippen LogP contribution in [0.3, 0.4) is 0 Å². The molecule has 3 rings (SSSR count). The Labute approximate surface area is 151 Å². The monoisotopic (exact) mass is 359 g/mol. The molecule has 1 aromatic rings. The van der Waals surface area contributed by atoms with Gasteiger partial charge < -0.3 is 10.2 Å². The second kappa shape index (κ2) is 9.48. The average Bonchev–Trinajstić information content (AvgIpc) is 3.00. The lowest BCUT2D eigenvalue weighted by Gasteiger charge is -2.34. The number of amides is 1. The molecule has 0 aliphatic carbocycles. The molecule has 130 valence electrons. The molecule has 0 radical (unpaired) electrons. The van der Waals surface area contributed by atoms with E-state index >= 15 is 0 Å². The van der Waals surface area contributed by atoms with Crippen LogP contribution in [-0.2, 0) is 6.54 Å². The summed E-state index contributed by atoms with van der Waals surface area (Å²) in [6, 6.07) is 8.45. The molecule has 2 fully saturated rings. The van der Waals surface area contributed by atoms with Gasteiger partial charge in [0.1, 0.15) is 0 Å². The minimum atomic E-state index is 0. The second-order valence-corrected chi connectivity index (χ2v) is 6.24. The van der Waals surface area contributed by atoms with Crippen LogP contribution in [0.5, 0.6) is 0 Å². The predicted molar refractivity (Wildman–Crippen MR) is 98.8 cm³/mol. The Kier molecular flexibility index (Phi) is 8.34. The van der Waals surface area contributed by atoms with E-state index in [1.54, 1.807) is 0 Å². The summed E-state index contributed by atoms with van der Waals surface area (Å²) < 4.78 is 0. The number of likely N-dealkylation sites (tertiary alicyclic amines) is 1. The fourth-order valence-electron chi connectivity index (χ4n) is 3.31. The van der Waals surface area contributed by atoms with Crippen molar-refractivity contribution in [3.8, 4) is 0 Å². The molecule has 0 spiro atoms. The summed E-state index contributed by atoms with van der Waals surface area (Å²) in [5, 5.41) is 3.33. The summed E-state index contributed by atoms with van der Waals surface area (Å²) in [6.07, 6.45) is 2.60. The standard InChI is InChI=1S/C17H25N3O.2ClH/c1-14-12-18-7-10-20(14)17(21)16-6-4-5-15(11-16)13-19-8-2-3-9-19;;/h4-6,11,14,18H,2-3,7-10,12-13H2,1H3;2*1H/t14-;;/m1../s1. The van der Waals surface area contributed by atoms with Crippen LogP contribution in [0.25, 0.3) is 0 Å². The number of piperazine rings is 1. The zero-order valence-electron chi connectivity index (χ0n) is 13.7. The molecule has 0 saturated carbocycles. The summed E-state index contributed by atoms with van der Waals surface area (Å²) in [5.41, 5.74) is 2.09. The van der Waals surface area contributed by atoms with E-state index in [9.17, 15) is 4.79 Å². The maximum atomic E-state index is 12.7. The highest BCUT2D eigenvalue weighted by atomic mass is 35.5. The van der Waals surface area contributed by atoms with Gasteiger partial charge in [0.2, 0.25) is 0 Å². The van der Waals surface area contributed by atoms with Crippen molar-refractivity contribution in [1.82, 2.24) is 15.1 Å². The van der Waals surface area contributed by atoms with Crippen LogP contribution in [0.1, 0.15) is 35.7 Å². The van der Waals surface area contributed by atoms with E-state index in [4.69, 9.17) is 0 Å². The van der Waals surface area contributed by atoms with Gasteiger partial charge in [0.25, 0.3) is 5.91 Å². The van der Waals surface area contributed by atoms with Crippen LogP contribution in [0, 0.1) is 0 Å². The number of carbonyl (C=O) groups excluding carboxylic acids is 1. The Hall–Kier alpha value is -0.810. The van der Waals surface area contributed by atoms with Crippen LogP contribution >= 0.6 is 24.8 Å². The third-order valence-corrected chi connectivity index (χ3v) is 4.54. The van der Waals surface area contributed by atoms with E-state index in [2.05, 4.69) is 29.3 Å². The smallest absolute Gasteiger partial charge is 0.254 e. The Balaban J connectivity index is 0.00000132. The topological polar surface area (TPSA) is 35.6 Å². The van der Waals surface area contributed by atoms with E-state index in [1.807, 2.05) is 17.0 Å². The van der Waals surface area contributed by atoms with E-state index in [0.29, 0.717) is 0 Å². The fourth-order valence-corrected chi connectivity index (χ4v) is 3.31. The summed E-state index contributed by atoms with van der Waals surface area (Å²) in [4.78, 5) is 17.1. The first kappa shape index (κ1) is 20.2. The van der Waals surface area contributed by atoms with Crippen molar-refractivity contribution in [2.75, 3.05) is 32.7 Å². The van der Waals surface area contributed by atoms with Crippen molar-refractivity contribution in [2.24, 2.45) is 0 Å². The normalized spacial score (nSPS) is 21.4. The molecule has 6 heteroatoms. The third kappa shape index (κ3) is 5.08. The van der Waals surface area contributed by atoms with Crippen LogP contribution < -0.4 is 5.32 Å². The SMILES string of the molecule is C[C@@H]1CNCCN1C(=O)c1cccc(CN2CCCC2)c1.Cl.Cl. The lowest BCUT2D eigenvalue weighted by Crippen LogP contribution is -2.52. The first-order valence-corrected chi connectivity index (χ1v) is 8.07. The van der Waals surface area contributed by atoms with Gasteiger partial charge in [-0.1, -0.05) is 12.1 Å². The molecule has 2 heterocycles. The molecule has 1 amide bonds. The second-order valence-electron chi connectivity index (χ2n) is 6.24. The van der Waals surface area contributed by atoms with Gasteiger partial charge in [0, 0.05) is 37.8 Å². The molecule has 2 saturated heterocycles. The number of halogens is 2. The molecule has 0 bridgehead atoms. The zero-order chi connectivity index (χ0) is 14.7. The van der Waals surface area contributed by atoms with Crippen LogP contribution in [-0.4, -0.2) is 54.5 Å². The number of hydrogen-bond acceptors (Lipinski definition) is 3. The van der Waals surface area contributed by atoms with E-state index < -0.39 is 0 Å². The highest BCUT2D eigenvalue weighted by Gasteiger charge is 2.24. The Bertz CT molecular complexity index is 506. The molecule has 0 unspecified atom stereocenters. The van der Waals surface area contributed by atoms with Crippen molar-refractivity contribution in [2.45, 2.75) is 32.4 Å². The van der Waals surface area contributed by atoms with Crippen molar-refractivity contribution >= 4 is 30.7 Å². The van der Waals surface area contributed by atoms with E-state index in [0.717, 1.165) is 31.7 Å². The number of nitrogens with zero attached hydrogens (tertiary/aromatic N) is 2. The molecular weight excluding hydrogens is 333 g/mol. The summed E-state index contributed by atoms with van der Waals surface area (Å²) >= 11 is 0. The van der Waals surface area contributed by atoms with Crippen LogP contribution in [0.4, 0.5) is 0 Å². The zero-order valence-corrected chi connectivity index (χ0v) is 15.3. The summed E-state index contributed by atoms with van der Waals surface area (Å²) in [7, 11) is 0. The molecule has 2 aliphatic heterocycles. The van der Waals surface area contributed by atoms with Crippen molar-refractivity contribution in [1.29, 1.82) is 0 Å². The van der Waals surface area contributed by atoms with Crippen molar-refractivity contribution < 1.29 is 4.79 Å². The van der Waals surface area contributed by atoms with Gasteiger partial charge in [0.05, 0.1) is 0 Å². The first-order valence-electron chi connectivity index (χ1n) is 8.07. The molecule has 23 heavy (non-hydrogen) atoms. The highest BCUT2D eigenvalue weighted by Crippen LogP contribution is 2.16. The van der Waals surface area contributed by atoms with Gasteiger partial charge in [-0.2, -0.15) is 0 Å². The molecular formula is C17H27Cl2N3O. The number of carbonyl (C=O) groups is 1. The maximum Gasteiger partial charge on any atom is 0.254 e. The largest absolute Gasteiger partial charge is 0.333 e. The van der Waals surface area contributed by atoms with Gasteiger partial charge in [0.15, 0.2) is 0 Å². The molecule has 1 aromatic carbocycles. The van der Waals surface area contributed by atoms with E-state index in [1.165, 1.54) is 31.5 Å². The number of rotatable bonds is 3. The number of benzene rings is 1.